The van der Waals surface area contributed by atoms with E-state index in [1.165, 1.54) is 17.7 Å². The highest BCUT2D eigenvalue weighted by atomic mass is 15.3. The number of nitrogens with two attached hydrogens (primary N) is 1. The molecule has 0 spiro atoms. The van der Waals surface area contributed by atoms with Gasteiger partial charge in [0.05, 0.1) is 0 Å². The smallest absolute Gasteiger partial charge is 0.0390 e. The molecule has 2 N–H and O–H groups in total. The van der Waals surface area contributed by atoms with E-state index in [1.807, 2.05) is 0 Å². The van der Waals surface area contributed by atoms with Crippen LogP contribution in [0.2, 0.25) is 0 Å². The second-order valence-electron chi connectivity index (χ2n) is 5.50. The maximum Gasteiger partial charge on any atom is 0.0390 e. The third kappa shape index (κ3) is 2.85. The molecule has 1 aromatic carbocycles. The second kappa shape index (κ2) is 5.72. The maximum atomic E-state index is 5.91. The lowest BCUT2D eigenvalue weighted by molar-refractivity contribution is 0.265. The third-order valence-electron chi connectivity index (χ3n) is 4.07. The molecule has 1 saturated heterocycles. The van der Waals surface area contributed by atoms with Gasteiger partial charge in [-0.3, -0.25) is 0 Å². The number of anilines is 1. The summed E-state index contributed by atoms with van der Waals surface area (Å²) in [5, 5.41) is 0. The van der Waals surface area contributed by atoms with E-state index >= 15 is 0 Å². The van der Waals surface area contributed by atoms with E-state index in [4.69, 9.17) is 5.73 Å². The molecule has 0 aromatic heterocycles. The van der Waals surface area contributed by atoms with Gasteiger partial charge in [0.25, 0.3) is 0 Å². The van der Waals surface area contributed by atoms with Crippen LogP contribution in [0.3, 0.4) is 0 Å². The molecule has 2 unspecified atom stereocenters. The Morgan fingerprint density at radius 1 is 1.39 bits per heavy atom. The Labute approximate surface area is 111 Å². The van der Waals surface area contributed by atoms with Gasteiger partial charge < -0.3 is 15.5 Å². The summed E-state index contributed by atoms with van der Waals surface area (Å²) in [6.07, 6.45) is 1.20. The zero-order valence-electron chi connectivity index (χ0n) is 11.8. The number of hydrogen-bond acceptors (Lipinski definition) is 3. The molecule has 1 heterocycles. The van der Waals surface area contributed by atoms with Gasteiger partial charge in [0.2, 0.25) is 0 Å². The van der Waals surface area contributed by atoms with Crippen molar-refractivity contribution in [3.05, 3.63) is 29.8 Å². The van der Waals surface area contributed by atoms with Crippen LogP contribution in [0.5, 0.6) is 0 Å². The Morgan fingerprint density at radius 2 is 2.17 bits per heavy atom. The van der Waals surface area contributed by atoms with Crippen LogP contribution in [0.1, 0.15) is 18.9 Å². The highest BCUT2D eigenvalue weighted by molar-refractivity contribution is 5.49. The fourth-order valence-electron chi connectivity index (χ4n) is 2.70. The summed E-state index contributed by atoms with van der Waals surface area (Å²) >= 11 is 0. The molecule has 2 atom stereocenters. The van der Waals surface area contributed by atoms with Crippen molar-refractivity contribution in [3.8, 4) is 0 Å². The van der Waals surface area contributed by atoms with Gasteiger partial charge in [-0.2, -0.15) is 0 Å². The number of nitrogens with zero attached hydrogens (tertiary/aromatic N) is 2. The van der Waals surface area contributed by atoms with Crippen molar-refractivity contribution in [2.24, 2.45) is 5.73 Å². The fourth-order valence-corrected chi connectivity index (χ4v) is 2.70. The summed E-state index contributed by atoms with van der Waals surface area (Å²) in [7, 11) is 2.18. The number of benzene rings is 1. The van der Waals surface area contributed by atoms with E-state index in [-0.39, 0.29) is 0 Å². The molecule has 18 heavy (non-hydrogen) atoms. The lowest BCUT2D eigenvalue weighted by Gasteiger charge is -2.32. The quantitative estimate of drug-likeness (QED) is 0.866. The topological polar surface area (TPSA) is 32.5 Å². The van der Waals surface area contributed by atoms with Crippen molar-refractivity contribution in [1.82, 2.24) is 4.90 Å². The number of aryl methyl sites for hydroxylation is 1. The lowest BCUT2D eigenvalue weighted by atomic mass is 10.1. The maximum absolute atomic E-state index is 5.91. The molecule has 1 aliphatic heterocycles. The molecule has 0 saturated carbocycles. The Morgan fingerprint density at radius 3 is 2.83 bits per heavy atom. The molecule has 1 aliphatic rings. The molecule has 0 radical (unpaired) electrons. The molecule has 0 aliphatic carbocycles. The summed E-state index contributed by atoms with van der Waals surface area (Å²) in [5.41, 5.74) is 8.56. The lowest BCUT2D eigenvalue weighted by Crippen LogP contribution is -2.45. The average molecular weight is 247 g/mol. The van der Waals surface area contributed by atoms with Crippen LogP contribution >= 0.6 is 0 Å². The van der Waals surface area contributed by atoms with Crippen molar-refractivity contribution in [2.75, 3.05) is 31.6 Å². The summed E-state index contributed by atoms with van der Waals surface area (Å²) in [4.78, 5) is 4.90. The molecule has 0 amide bonds. The minimum Gasteiger partial charge on any atom is -0.367 e. The van der Waals surface area contributed by atoms with Crippen molar-refractivity contribution in [2.45, 2.75) is 32.4 Å². The molecule has 100 valence electrons. The van der Waals surface area contributed by atoms with E-state index in [1.54, 1.807) is 0 Å². The van der Waals surface area contributed by atoms with Gasteiger partial charge in [0.15, 0.2) is 0 Å². The van der Waals surface area contributed by atoms with Gasteiger partial charge >= 0.3 is 0 Å². The standard InChI is InChI=1S/C15H25N3/c1-12-5-4-6-14(9-12)18-11-15(10-16)17(3)8-7-13(18)2/h4-6,9,13,15H,7-8,10-11,16H2,1-3H3. The van der Waals surface area contributed by atoms with Crippen molar-refractivity contribution < 1.29 is 0 Å². The van der Waals surface area contributed by atoms with Crippen LogP contribution in [-0.4, -0.2) is 43.7 Å². The van der Waals surface area contributed by atoms with E-state index in [2.05, 4.69) is 55.0 Å². The first-order valence-corrected chi connectivity index (χ1v) is 6.85. The predicted octanol–water partition coefficient (Wildman–Crippen LogP) is 1.85. The van der Waals surface area contributed by atoms with E-state index in [9.17, 15) is 0 Å². The van der Waals surface area contributed by atoms with E-state index < -0.39 is 0 Å². The normalized spacial score (nSPS) is 26.1. The van der Waals surface area contributed by atoms with Crippen LogP contribution in [0.4, 0.5) is 5.69 Å². The Hall–Kier alpha value is -1.06. The zero-order chi connectivity index (χ0) is 13.1. The van der Waals surface area contributed by atoms with Gasteiger partial charge in [0.1, 0.15) is 0 Å². The minimum absolute atomic E-state index is 0.454. The predicted molar refractivity (Wildman–Crippen MR) is 78.1 cm³/mol. The molecule has 1 fully saturated rings. The molecule has 0 bridgehead atoms. The van der Waals surface area contributed by atoms with Gasteiger partial charge in [-0.05, 0) is 45.0 Å². The highest BCUT2D eigenvalue weighted by Gasteiger charge is 2.25. The van der Waals surface area contributed by atoms with Crippen molar-refractivity contribution >= 4 is 5.69 Å². The summed E-state index contributed by atoms with van der Waals surface area (Å²) in [5.74, 6) is 0. The summed E-state index contributed by atoms with van der Waals surface area (Å²) in [6, 6.07) is 9.81. The van der Waals surface area contributed by atoms with Gasteiger partial charge in [-0.15, -0.1) is 0 Å². The first-order chi connectivity index (χ1) is 8.61. The minimum atomic E-state index is 0.454. The van der Waals surface area contributed by atoms with Crippen molar-refractivity contribution in [3.63, 3.8) is 0 Å². The van der Waals surface area contributed by atoms with Crippen LogP contribution < -0.4 is 10.6 Å². The Balaban J connectivity index is 2.24. The van der Waals surface area contributed by atoms with E-state index in [0.29, 0.717) is 12.1 Å². The van der Waals surface area contributed by atoms with E-state index in [0.717, 1.165) is 19.6 Å². The second-order valence-corrected chi connectivity index (χ2v) is 5.50. The first-order valence-electron chi connectivity index (χ1n) is 6.85. The Kier molecular flexibility index (Phi) is 4.25. The summed E-state index contributed by atoms with van der Waals surface area (Å²) in [6.45, 7) is 7.35. The number of hydrogen-bond donors (Lipinski definition) is 1. The molecule has 3 heteroatoms. The molecule has 2 rings (SSSR count). The monoisotopic (exact) mass is 247 g/mol. The van der Waals surface area contributed by atoms with Gasteiger partial charge in [-0.25, -0.2) is 0 Å². The highest BCUT2D eigenvalue weighted by Crippen LogP contribution is 2.23. The average Bonchev–Trinajstić information content (AvgIpc) is 2.50. The molecular formula is C15H25N3. The summed E-state index contributed by atoms with van der Waals surface area (Å²) < 4.78 is 0. The van der Waals surface area contributed by atoms with Crippen LogP contribution in [0, 0.1) is 6.92 Å². The third-order valence-corrected chi connectivity index (χ3v) is 4.07. The van der Waals surface area contributed by atoms with Crippen molar-refractivity contribution in [1.29, 1.82) is 0 Å². The zero-order valence-corrected chi connectivity index (χ0v) is 11.8. The molecule has 3 nitrogen and oxygen atoms in total. The Bertz CT molecular complexity index is 391. The van der Waals surface area contributed by atoms with Gasteiger partial charge in [0, 0.05) is 37.4 Å². The van der Waals surface area contributed by atoms with Crippen LogP contribution in [0.15, 0.2) is 24.3 Å². The number of rotatable bonds is 2. The SMILES string of the molecule is Cc1cccc(N2CC(CN)N(C)CCC2C)c1. The van der Waals surface area contributed by atoms with Crippen LogP contribution in [0.25, 0.3) is 0 Å². The van der Waals surface area contributed by atoms with Crippen LogP contribution in [-0.2, 0) is 0 Å². The fraction of sp³-hybridized carbons (Fsp3) is 0.600. The first kappa shape index (κ1) is 13.4. The largest absolute Gasteiger partial charge is 0.367 e. The molecular weight excluding hydrogens is 222 g/mol. The molecule has 1 aromatic rings. The van der Waals surface area contributed by atoms with Gasteiger partial charge in [-0.1, -0.05) is 12.1 Å². The number of likely N-dealkylation sites (N-methyl/N-ethyl adjacent to an activating group) is 1.